The Labute approximate surface area is 317 Å². The van der Waals surface area contributed by atoms with Crippen LogP contribution in [0.15, 0.2) is 97.2 Å². The SMILES string of the molecule is Cc1cc(C)n(-c2[c-]c(Oc3[c-]c4c(c(C(C)(C)C)c3)c3cc(C(C)(C)c5ccccc5)ccc3n4-c3cc(C(C)(C)C)ccn3)ccc2)n1.[Pt+2]. The maximum atomic E-state index is 6.65. The zero-order valence-corrected chi connectivity index (χ0v) is 33.5. The van der Waals surface area contributed by atoms with Crippen LogP contribution >= 0.6 is 0 Å². The summed E-state index contributed by atoms with van der Waals surface area (Å²) in [5.74, 6) is 2.09. The third-order valence-electron chi connectivity index (χ3n) is 9.83. The topological polar surface area (TPSA) is 44.9 Å². The monoisotopic (exact) mass is 853 g/mol. The third kappa shape index (κ3) is 6.81. The quantitative estimate of drug-likeness (QED) is 0.157. The molecule has 262 valence electrons. The van der Waals surface area contributed by atoms with Crippen LogP contribution in [0.2, 0.25) is 0 Å². The minimum atomic E-state index is -0.203. The normalized spacial score (nSPS) is 12.4. The maximum Gasteiger partial charge on any atom is 2.00 e. The fourth-order valence-corrected chi connectivity index (χ4v) is 6.95. The first-order chi connectivity index (χ1) is 23.6. The van der Waals surface area contributed by atoms with Gasteiger partial charge in [0, 0.05) is 34.3 Å². The third-order valence-corrected chi connectivity index (χ3v) is 9.83. The summed E-state index contributed by atoms with van der Waals surface area (Å²) in [5.41, 5.74) is 9.35. The molecule has 0 radical (unpaired) electrons. The number of nitrogens with zero attached hydrogens (tertiary/aromatic N) is 4. The summed E-state index contributed by atoms with van der Waals surface area (Å²) in [6, 6.07) is 39.3. The van der Waals surface area contributed by atoms with Crippen molar-refractivity contribution in [2.45, 2.75) is 85.5 Å². The number of fused-ring (bicyclic) bond motifs is 3. The molecule has 3 aromatic heterocycles. The van der Waals surface area contributed by atoms with E-state index in [2.05, 4.69) is 150 Å². The molecule has 0 aliphatic carbocycles. The van der Waals surface area contributed by atoms with E-state index in [0.29, 0.717) is 11.5 Å². The van der Waals surface area contributed by atoms with E-state index >= 15 is 0 Å². The van der Waals surface area contributed by atoms with E-state index < -0.39 is 0 Å². The van der Waals surface area contributed by atoms with E-state index in [0.717, 1.165) is 39.3 Å². The van der Waals surface area contributed by atoms with Gasteiger partial charge in [-0.3, -0.25) is 4.68 Å². The minimum absolute atomic E-state index is 0. The van der Waals surface area contributed by atoms with Gasteiger partial charge in [0.15, 0.2) is 0 Å². The van der Waals surface area contributed by atoms with Gasteiger partial charge >= 0.3 is 21.1 Å². The molecule has 0 atom stereocenters. The summed E-state index contributed by atoms with van der Waals surface area (Å²) >= 11 is 0. The number of pyridine rings is 1. The number of aromatic nitrogens is 4. The molecular formula is C45H46N4OPt. The molecule has 3 heterocycles. The van der Waals surface area contributed by atoms with Gasteiger partial charge in [-0.1, -0.05) is 109 Å². The second-order valence-corrected chi connectivity index (χ2v) is 16.1. The Kier molecular flexibility index (Phi) is 9.44. The first kappa shape index (κ1) is 36.3. The maximum absolute atomic E-state index is 6.65. The molecule has 0 aliphatic rings. The van der Waals surface area contributed by atoms with Gasteiger partial charge in [-0.25, -0.2) is 4.98 Å². The Morgan fingerprint density at radius 1 is 0.667 bits per heavy atom. The van der Waals surface area contributed by atoms with Crippen LogP contribution in [0.1, 0.15) is 89.0 Å². The van der Waals surface area contributed by atoms with Gasteiger partial charge in [-0.15, -0.1) is 35.9 Å². The Hall–Kier alpha value is -4.47. The number of ether oxygens (including phenoxy) is 1. The van der Waals surface area contributed by atoms with E-state index in [-0.39, 0.29) is 37.3 Å². The average Bonchev–Trinajstić information content (AvgIpc) is 3.59. The molecule has 0 bridgehead atoms. The molecule has 4 aromatic carbocycles. The molecule has 0 unspecified atom stereocenters. The Morgan fingerprint density at radius 2 is 1.41 bits per heavy atom. The van der Waals surface area contributed by atoms with Crippen molar-refractivity contribution in [3.8, 4) is 23.0 Å². The predicted octanol–water partition coefficient (Wildman–Crippen LogP) is 11.3. The fraction of sp³-hybridized carbons (Fsp3) is 0.289. The van der Waals surface area contributed by atoms with Gasteiger partial charge in [0.2, 0.25) is 0 Å². The zero-order valence-electron chi connectivity index (χ0n) is 31.3. The van der Waals surface area contributed by atoms with Gasteiger partial charge in [0.25, 0.3) is 0 Å². The Bertz CT molecular complexity index is 2370. The Balaban J connectivity index is 0.00000448. The van der Waals surface area contributed by atoms with Crippen molar-refractivity contribution in [1.82, 2.24) is 19.3 Å². The molecule has 6 heteroatoms. The van der Waals surface area contributed by atoms with Crippen LogP contribution in [0, 0.1) is 26.0 Å². The van der Waals surface area contributed by atoms with Crippen LogP contribution in [-0.2, 0) is 37.3 Å². The smallest absolute Gasteiger partial charge is 0.509 e. The van der Waals surface area contributed by atoms with Gasteiger partial charge in [-0.2, -0.15) is 11.2 Å². The summed E-state index contributed by atoms with van der Waals surface area (Å²) < 4.78 is 10.8. The standard InChI is InChI=1S/C45H46N4O.Pt/c1-29-23-30(2)49(47-29)34-17-14-18-35(26-34)50-36-27-38(44(6,7)8)42-37-24-33(45(9,10)31-15-12-11-13-16-31)19-20-39(37)48(40(42)28-36)41-25-32(21-22-46-41)43(3,4)5;/h11-25,27H,1-10H3;/q-2;+2. The van der Waals surface area contributed by atoms with Crippen LogP contribution in [-0.4, -0.2) is 19.3 Å². The van der Waals surface area contributed by atoms with Crippen LogP contribution < -0.4 is 4.74 Å². The largest absolute Gasteiger partial charge is 2.00 e. The second kappa shape index (κ2) is 13.3. The number of hydrogen-bond acceptors (Lipinski definition) is 3. The van der Waals surface area contributed by atoms with Crippen LogP contribution in [0.3, 0.4) is 0 Å². The number of aryl methyl sites for hydroxylation is 2. The van der Waals surface area contributed by atoms with Crippen molar-refractivity contribution in [2.24, 2.45) is 0 Å². The molecule has 0 saturated carbocycles. The molecule has 0 spiro atoms. The fourth-order valence-electron chi connectivity index (χ4n) is 6.95. The second-order valence-electron chi connectivity index (χ2n) is 16.1. The summed E-state index contributed by atoms with van der Waals surface area (Å²) in [7, 11) is 0. The number of benzene rings is 4. The van der Waals surface area contributed by atoms with Crippen LogP contribution in [0.5, 0.6) is 11.5 Å². The molecule has 7 rings (SSSR count). The van der Waals surface area contributed by atoms with Gasteiger partial charge in [0.1, 0.15) is 5.82 Å². The van der Waals surface area contributed by atoms with Crippen molar-refractivity contribution >= 4 is 21.8 Å². The minimum Gasteiger partial charge on any atom is -0.509 e. The summed E-state index contributed by atoms with van der Waals surface area (Å²) in [6.45, 7) is 22.2. The number of hydrogen-bond donors (Lipinski definition) is 0. The van der Waals surface area contributed by atoms with Gasteiger partial charge < -0.3 is 9.30 Å². The molecule has 7 aromatic rings. The first-order valence-electron chi connectivity index (χ1n) is 17.4. The molecular weight excluding hydrogens is 808 g/mol. The van der Waals surface area contributed by atoms with Crippen molar-refractivity contribution in [3.05, 3.63) is 143 Å². The van der Waals surface area contributed by atoms with Crippen LogP contribution in [0.25, 0.3) is 33.3 Å². The van der Waals surface area contributed by atoms with Gasteiger partial charge in [-0.05, 0) is 76.7 Å². The summed E-state index contributed by atoms with van der Waals surface area (Å²) in [4.78, 5) is 4.96. The van der Waals surface area contributed by atoms with Crippen molar-refractivity contribution < 1.29 is 25.8 Å². The average molecular weight is 854 g/mol. The summed E-state index contributed by atoms with van der Waals surface area (Å²) in [6.07, 6.45) is 1.92. The van der Waals surface area contributed by atoms with E-state index in [9.17, 15) is 0 Å². The van der Waals surface area contributed by atoms with Gasteiger partial charge in [0.05, 0.1) is 5.69 Å². The molecule has 0 amide bonds. The molecule has 51 heavy (non-hydrogen) atoms. The van der Waals surface area contributed by atoms with Crippen molar-refractivity contribution in [1.29, 1.82) is 0 Å². The van der Waals surface area contributed by atoms with E-state index in [1.165, 1.54) is 27.6 Å². The molecule has 0 fully saturated rings. The molecule has 0 aliphatic heterocycles. The molecule has 0 N–H and O–H groups in total. The predicted molar refractivity (Wildman–Crippen MR) is 205 cm³/mol. The molecule has 0 saturated heterocycles. The zero-order chi connectivity index (χ0) is 35.6. The molecule has 5 nitrogen and oxygen atoms in total. The summed E-state index contributed by atoms with van der Waals surface area (Å²) in [5, 5.41) is 7.00. The van der Waals surface area contributed by atoms with E-state index in [1.54, 1.807) is 0 Å². The van der Waals surface area contributed by atoms with Crippen molar-refractivity contribution in [3.63, 3.8) is 0 Å². The van der Waals surface area contributed by atoms with E-state index in [4.69, 9.17) is 9.72 Å². The Morgan fingerprint density at radius 3 is 2.08 bits per heavy atom. The van der Waals surface area contributed by atoms with E-state index in [1.807, 2.05) is 42.9 Å². The van der Waals surface area contributed by atoms with Crippen molar-refractivity contribution in [2.75, 3.05) is 0 Å². The first-order valence-corrected chi connectivity index (χ1v) is 17.4. The van der Waals surface area contributed by atoms with Crippen LogP contribution in [0.4, 0.5) is 0 Å². The number of rotatable bonds is 6.